The van der Waals surface area contributed by atoms with Gasteiger partial charge in [0.1, 0.15) is 17.7 Å². The van der Waals surface area contributed by atoms with Crippen LogP contribution in [0.15, 0.2) is 67.3 Å². The lowest BCUT2D eigenvalue weighted by Gasteiger charge is -2.24. The van der Waals surface area contributed by atoms with E-state index in [9.17, 15) is 9.59 Å². The van der Waals surface area contributed by atoms with Crippen LogP contribution in [0.25, 0.3) is 17.0 Å². The standard InChI is InChI=1S/C26H22N8O2/c1-15-21-19(17-7-9-18(10-8-17)26(36)27-12-16-5-3-2-4-6-16)11-20(35)32-24(21)34(33-15)25-22-23(29-13-28-22)30-14-31-25/h2-10,13-14,19H,11-12H2,1H3,(H,27,36)(H,32,35)(H,28,29,30,31)/t19-/m0/s1. The monoisotopic (exact) mass is 478 g/mol. The van der Waals surface area contributed by atoms with Crippen molar-refractivity contribution in [2.24, 2.45) is 0 Å². The van der Waals surface area contributed by atoms with Crippen LogP contribution in [-0.4, -0.2) is 41.5 Å². The Morgan fingerprint density at radius 1 is 1.08 bits per heavy atom. The van der Waals surface area contributed by atoms with Crippen molar-refractivity contribution in [2.75, 3.05) is 5.32 Å². The van der Waals surface area contributed by atoms with E-state index in [1.807, 2.05) is 49.4 Å². The summed E-state index contributed by atoms with van der Waals surface area (Å²) >= 11 is 0. The van der Waals surface area contributed by atoms with Crippen molar-refractivity contribution in [3.05, 3.63) is 95.2 Å². The number of amides is 2. The Morgan fingerprint density at radius 3 is 2.69 bits per heavy atom. The number of anilines is 1. The molecule has 10 nitrogen and oxygen atoms in total. The number of H-pyrrole nitrogens is 1. The Bertz CT molecular complexity index is 1590. The van der Waals surface area contributed by atoms with E-state index >= 15 is 0 Å². The zero-order valence-electron chi connectivity index (χ0n) is 19.4. The third-order valence-electron chi connectivity index (χ3n) is 6.38. The molecule has 0 unspecified atom stereocenters. The molecule has 178 valence electrons. The quantitative estimate of drug-likeness (QED) is 0.355. The zero-order valence-corrected chi connectivity index (χ0v) is 19.4. The number of carbonyl (C=O) groups excluding carboxylic acids is 2. The number of nitrogens with zero attached hydrogens (tertiary/aromatic N) is 5. The number of carbonyl (C=O) groups is 2. The molecule has 2 amide bonds. The SMILES string of the molecule is Cc1nn(-c2ncnc3nc[nH]c23)c2c1[C@H](c1ccc(C(=O)NCc3ccccc3)cc1)CC(=O)N2. The van der Waals surface area contributed by atoms with Gasteiger partial charge in [-0.2, -0.15) is 9.78 Å². The maximum Gasteiger partial charge on any atom is 0.251 e. The van der Waals surface area contributed by atoms with E-state index in [0.29, 0.717) is 34.9 Å². The Labute approximate surface area is 205 Å². The smallest absolute Gasteiger partial charge is 0.251 e. The molecule has 0 radical (unpaired) electrons. The molecule has 0 saturated carbocycles. The van der Waals surface area contributed by atoms with Crippen LogP contribution in [0.2, 0.25) is 0 Å². The molecule has 10 heteroatoms. The van der Waals surface area contributed by atoms with Crippen LogP contribution in [0, 0.1) is 6.92 Å². The molecular formula is C26H22N8O2. The van der Waals surface area contributed by atoms with Crippen LogP contribution < -0.4 is 10.6 Å². The molecule has 0 bridgehead atoms. The summed E-state index contributed by atoms with van der Waals surface area (Å²) in [7, 11) is 0. The summed E-state index contributed by atoms with van der Waals surface area (Å²) < 4.78 is 1.63. The number of hydrogen-bond acceptors (Lipinski definition) is 6. The van der Waals surface area contributed by atoms with Gasteiger partial charge in [-0.25, -0.2) is 15.0 Å². The number of aromatic nitrogens is 6. The first-order valence-electron chi connectivity index (χ1n) is 11.5. The van der Waals surface area contributed by atoms with Crippen LogP contribution >= 0.6 is 0 Å². The summed E-state index contributed by atoms with van der Waals surface area (Å²) in [4.78, 5) is 41.2. The van der Waals surface area contributed by atoms with Crippen molar-refractivity contribution >= 4 is 28.8 Å². The predicted octanol–water partition coefficient (Wildman–Crippen LogP) is 3.25. The Balaban J connectivity index is 1.30. The second-order valence-electron chi connectivity index (χ2n) is 8.65. The van der Waals surface area contributed by atoms with E-state index in [1.54, 1.807) is 23.1 Å². The average molecular weight is 479 g/mol. The molecule has 2 aromatic carbocycles. The normalized spacial score (nSPS) is 14.9. The van der Waals surface area contributed by atoms with E-state index in [1.165, 1.54) is 6.33 Å². The summed E-state index contributed by atoms with van der Waals surface area (Å²) in [6.45, 7) is 2.37. The number of hydrogen-bond donors (Lipinski definition) is 3. The predicted molar refractivity (Wildman–Crippen MR) is 133 cm³/mol. The van der Waals surface area contributed by atoms with Crippen LogP contribution in [0.1, 0.15) is 45.1 Å². The highest BCUT2D eigenvalue weighted by Gasteiger charge is 2.33. The highest BCUT2D eigenvalue weighted by Crippen LogP contribution is 2.40. The van der Waals surface area contributed by atoms with E-state index in [-0.39, 0.29) is 24.2 Å². The molecule has 4 heterocycles. The molecule has 36 heavy (non-hydrogen) atoms. The fourth-order valence-electron chi connectivity index (χ4n) is 4.65. The van der Waals surface area contributed by atoms with E-state index in [0.717, 1.165) is 22.4 Å². The van der Waals surface area contributed by atoms with E-state index in [4.69, 9.17) is 5.10 Å². The van der Waals surface area contributed by atoms with Gasteiger partial charge in [-0.3, -0.25) is 9.59 Å². The van der Waals surface area contributed by atoms with Crippen molar-refractivity contribution in [3.8, 4) is 5.82 Å². The second kappa shape index (κ2) is 8.73. The van der Waals surface area contributed by atoms with Crippen molar-refractivity contribution in [2.45, 2.75) is 25.8 Å². The lowest BCUT2D eigenvalue weighted by atomic mass is 9.85. The molecule has 6 rings (SSSR count). The van der Waals surface area contributed by atoms with Crippen LogP contribution in [0.4, 0.5) is 5.82 Å². The molecule has 0 fully saturated rings. The van der Waals surface area contributed by atoms with Gasteiger partial charge in [0.15, 0.2) is 11.5 Å². The summed E-state index contributed by atoms with van der Waals surface area (Å²) in [5.41, 5.74) is 5.37. The maximum atomic E-state index is 12.7. The van der Waals surface area contributed by atoms with Crippen LogP contribution in [0.5, 0.6) is 0 Å². The fraction of sp³-hybridized carbons (Fsp3) is 0.154. The van der Waals surface area contributed by atoms with Gasteiger partial charge in [-0.15, -0.1) is 0 Å². The first kappa shape index (κ1) is 21.7. The zero-order chi connectivity index (χ0) is 24.6. The fourth-order valence-corrected chi connectivity index (χ4v) is 4.65. The minimum atomic E-state index is -0.206. The summed E-state index contributed by atoms with van der Waals surface area (Å²) in [5.74, 6) is 0.612. The van der Waals surface area contributed by atoms with E-state index < -0.39 is 0 Å². The van der Waals surface area contributed by atoms with Gasteiger partial charge in [0.25, 0.3) is 5.91 Å². The van der Waals surface area contributed by atoms with Gasteiger partial charge in [0.05, 0.1) is 12.0 Å². The average Bonchev–Trinajstić information content (AvgIpc) is 3.52. The summed E-state index contributed by atoms with van der Waals surface area (Å²) in [6, 6.07) is 17.2. The van der Waals surface area contributed by atoms with Crippen LogP contribution in [0.3, 0.4) is 0 Å². The number of imidazole rings is 1. The van der Waals surface area contributed by atoms with Crippen molar-refractivity contribution in [3.63, 3.8) is 0 Å². The van der Waals surface area contributed by atoms with Crippen molar-refractivity contribution in [1.82, 2.24) is 35.0 Å². The molecule has 5 aromatic rings. The van der Waals surface area contributed by atoms with Gasteiger partial charge >= 0.3 is 0 Å². The summed E-state index contributed by atoms with van der Waals surface area (Å²) in [5, 5.41) is 10.6. The minimum Gasteiger partial charge on any atom is -0.348 e. The third-order valence-corrected chi connectivity index (χ3v) is 6.38. The Hall–Kier alpha value is -4.86. The minimum absolute atomic E-state index is 0.117. The van der Waals surface area contributed by atoms with Gasteiger partial charge in [0, 0.05) is 30.0 Å². The number of aryl methyl sites for hydroxylation is 1. The molecule has 1 aliphatic rings. The Morgan fingerprint density at radius 2 is 1.89 bits per heavy atom. The highest BCUT2D eigenvalue weighted by molar-refractivity contribution is 5.96. The third kappa shape index (κ3) is 3.78. The number of rotatable bonds is 5. The lowest BCUT2D eigenvalue weighted by Crippen LogP contribution is -2.25. The maximum absolute atomic E-state index is 12.7. The second-order valence-corrected chi connectivity index (χ2v) is 8.65. The Kier molecular flexibility index (Phi) is 5.25. The topological polar surface area (TPSA) is 130 Å². The highest BCUT2D eigenvalue weighted by atomic mass is 16.2. The molecule has 0 saturated heterocycles. The number of nitrogens with one attached hydrogen (secondary N) is 3. The van der Waals surface area contributed by atoms with Gasteiger partial charge in [-0.1, -0.05) is 42.5 Å². The molecule has 0 spiro atoms. The van der Waals surface area contributed by atoms with Gasteiger partial charge in [-0.05, 0) is 30.2 Å². The van der Waals surface area contributed by atoms with Gasteiger partial charge in [0.2, 0.25) is 5.91 Å². The molecule has 1 atom stereocenters. The van der Waals surface area contributed by atoms with Crippen molar-refractivity contribution < 1.29 is 9.59 Å². The summed E-state index contributed by atoms with van der Waals surface area (Å²) in [6.07, 6.45) is 3.25. The molecule has 3 aromatic heterocycles. The van der Waals surface area contributed by atoms with Crippen LogP contribution in [-0.2, 0) is 11.3 Å². The first-order chi connectivity index (χ1) is 17.6. The number of fused-ring (bicyclic) bond motifs is 2. The van der Waals surface area contributed by atoms with E-state index in [2.05, 4.69) is 30.6 Å². The largest absolute Gasteiger partial charge is 0.348 e. The lowest BCUT2D eigenvalue weighted by molar-refractivity contribution is -0.116. The van der Waals surface area contributed by atoms with Gasteiger partial charge < -0.3 is 15.6 Å². The number of aromatic amines is 1. The molecular weight excluding hydrogens is 456 g/mol. The molecule has 1 aliphatic heterocycles. The molecule has 0 aliphatic carbocycles. The first-order valence-corrected chi connectivity index (χ1v) is 11.5. The number of benzene rings is 2. The van der Waals surface area contributed by atoms with Crippen molar-refractivity contribution in [1.29, 1.82) is 0 Å². The molecule has 3 N–H and O–H groups in total.